The molecule has 1 saturated heterocycles. The molecule has 0 radical (unpaired) electrons. The van der Waals surface area contributed by atoms with Gasteiger partial charge in [0.15, 0.2) is 5.78 Å². The summed E-state index contributed by atoms with van der Waals surface area (Å²) < 4.78 is 11.7. The molecule has 2 N–H and O–H groups in total. The normalized spacial score (nSPS) is 20.7. The number of rotatable bonds is 14. The summed E-state index contributed by atoms with van der Waals surface area (Å²) in [5.74, 6) is 1.81. The molecule has 2 rings (SSSR count). The largest absolute Gasteiger partial charge is 0.507 e. The van der Waals surface area contributed by atoms with Gasteiger partial charge in [-0.1, -0.05) is 13.3 Å². The van der Waals surface area contributed by atoms with Crippen LogP contribution >= 0.6 is 23.5 Å². The van der Waals surface area contributed by atoms with Crippen LogP contribution in [0.5, 0.6) is 11.5 Å². The topological polar surface area (TPSA) is 93.1 Å². The number of phenolic OH excluding ortho intramolecular Hbond substituents is 1. The molecule has 0 amide bonds. The Kier molecular flexibility index (Phi) is 10.5. The van der Waals surface area contributed by atoms with E-state index < -0.39 is 5.97 Å². The van der Waals surface area contributed by atoms with Crippen LogP contribution in [-0.4, -0.2) is 56.9 Å². The minimum absolute atomic E-state index is 0.0500. The van der Waals surface area contributed by atoms with E-state index in [0.29, 0.717) is 48.2 Å². The number of ether oxygens (including phenoxy) is 2. The first-order valence-corrected chi connectivity index (χ1v) is 12.9. The maximum atomic E-state index is 11.6. The second-order valence-corrected chi connectivity index (χ2v) is 10.9. The summed E-state index contributed by atoms with van der Waals surface area (Å²) in [7, 11) is 0. The molecule has 1 fully saturated rings. The minimum atomic E-state index is -0.780. The molecule has 8 heteroatoms. The third-order valence-corrected chi connectivity index (χ3v) is 8.03. The van der Waals surface area contributed by atoms with Crippen molar-refractivity contribution in [3.05, 3.63) is 23.3 Å². The summed E-state index contributed by atoms with van der Waals surface area (Å²) in [5.41, 5.74) is 1.06. The van der Waals surface area contributed by atoms with Crippen molar-refractivity contribution in [1.82, 2.24) is 0 Å². The number of aromatic hydroxyl groups is 1. The predicted octanol–water partition coefficient (Wildman–Crippen LogP) is 5.15. The third-order valence-electron chi connectivity index (χ3n) is 5.15. The number of ketones is 1. The van der Waals surface area contributed by atoms with Crippen LogP contribution in [0.4, 0.5) is 0 Å². The highest BCUT2D eigenvalue weighted by Crippen LogP contribution is 2.42. The van der Waals surface area contributed by atoms with E-state index in [1.165, 1.54) is 6.92 Å². The van der Waals surface area contributed by atoms with Gasteiger partial charge in [-0.15, -0.1) is 11.8 Å². The number of carboxylic acid groups (broad SMARTS) is 1. The number of thioether (sulfide) groups is 2. The number of hydrogen-bond donors (Lipinski definition) is 2. The number of Topliss-reactive ketones (excluding diaryl/α,β-unsaturated/α-hetero) is 1. The SMILES string of the molecule is CCCc1c(OCCCCSCC2COC(C)(CCC(=O)O)S2)ccc(C(C)=O)c1O. The second-order valence-electron chi connectivity index (χ2n) is 7.95. The Morgan fingerprint density at radius 2 is 2.13 bits per heavy atom. The molecule has 1 aliphatic heterocycles. The Bertz CT molecular complexity index is 754. The van der Waals surface area contributed by atoms with Gasteiger partial charge in [-0.05, 0) is 57.4 Å². The maximum absolute atomic E-state index is 11.6. The van der Waals surface area contributed by atoms with Crippen molar-refractivity contribution < 1.29 is 29.3 Å². The smallest absolute Gasteiger partial charge is 0.303 e. The van der Waals surface area contributed by atoms with E-state index in [0.717, 1.165) is 30.8 Å². The lowest BCUT2D eigenvalue weighted by molar-refractivity contribution is -0.137. The first kappa shape index (κ1) is 25.9. The number of phenols is 1. The van der Waals surface area contributed by atoms with E-state index in [2.05, 4.69) is 0 Å². The summed E-state index contributed by atoms with van der Waals surface area (Å²) in [5, 5.41) is 19.7. The van der Waals surface area contributed by atoms with E-state index in [4.69, 9.17) is 14.6 Å². The highest BCUT2D eigenvalue weighted by molar-refractivity contribution is 8.04. The van der Waals surface area contributed by atoms with Crippen molar-refractivity contribution in [3.63, 3.8) is 0 Å². The van der Waals surface area contributed by atoms with Gasteiger partial charge in [0, 0.05) is 23.0 Å². The molecular weight excluding hydrogens is 436 g/mol. The summed E-state index contributed by atoms with van der Waals surface area (Å²) in [6, 6.07) is 3.42. The Hall–Kier alpha value is -1.38. The standard InChI is InChI=1S/C23H34O6S2/c1-4-7-19-20(9-8-18(16(2)24)22(19)27)28-12-5-6-13-30-15-17-14-29-23(3,31-17)11-10-21(25)26/h8-9,17,27H,4-7,10-15H2,1-3H3,(H,25,26). The van der Waals surface area contributed by atoms with Gasteiger partial charge in [0.1, 0.15) is 16.4 Å². The highest BCUT2D eigenvalue weighted by atomic mass is 32.2. The van der Waals surface area contributed by atoms with Crippen LogP contribution in [0.25, 0.3) is 0 Å². The molecule has 0 aromatic heterocycles. The van der Waals surface area contributed by atoms with E-state index in [1.807, 2.05) is 25.6 Å². The Morgan fingerprint density at radius 1 is 1.35 bits per heavy atom. The van der Waals surface area contributed by atoms with Crippen molar-refractivity contribution in [3.8, 4) is 11.5 Å². The summed E-state index contributed by atoms with van der Waals surface area (Å²) in [6.45, 7) is 6.72. The van der Waals surface area contributed by atoms with Gasteiger partial charge < -0.3 is 19.7 Å². The highest BCUT2D eigenvalue weighted by Gasteiger charge is 2.36. The van der Waals surface area contributed by atoms with Gasteiger partial charge >= 0.3 is 5.97 Å². The molecule has 1 aromatic carbocycles. The van der Waals surface area contributed by atoms with Crippen LogP contribution in [0.3, 0.4) is 0 Å². The molecule has 2 unspecified atom stereocenters. The lowest BCUT2D eigenvalue weighted by Gasteiger charge is -2.21. The molecule has 1 aromatic rings. The maximum Gasteiger partial charge on any atom is 0.303 e. The van der Waals surface area contributed by atoms with Crippen LogP contribution in [0.1, 0.15) is 68.8 Å². The van der Waals surface area contributed by atoms with Crippen LogP contribution in [-0.2, 0) is 16.0 Å². The molecule has 6 nitrogen and oxygen atoms in total. The number of carbonyl (C=O) groups excluding carboxylic acids is 1. The molecule has 31 heavy (non-hydrogen) atoms. The van der Waals surface area contributed by atoms with Crippen LogP contribution in [0.2, 0.25) is 0 Å². The zero-order chi connectivity index (χ0) is 22.9. The van der Waals surface area contributed by atoms with Gasteiger partial charge in [-0.2, -0.15) is 11.8 Å². The first-order chi connectivity index (χ1) is 14.8. The summed E-state index contributed by atoms with van der Waals surface area (Å²) in [4.78, 5) is 22.0. The fraction of sp³-hybridized carbons (Fsp3) is 0.652. The number of benzene rings is 1. The number of carboxylic acids is 1. The second kappa shape index (κ2) is 12.6. The first-order valence-electron chi connectivity index (χ1n) is 10.9. The van der Waals surface area contributed by atoms with Crippen molar-refractivity contribution in [2.45, 2.75) is 69.5 Å². The number of aliphatic carboxylic acids is 1. The van der Waals surface area contributed by atoms with Crippen molar-refractivity contribution in [2.24, 2.45) is 0 Å². The monoisotopic (exact) mass is 470 g/mol. The summed E-state index contributed by atoms with van der Waals surface area (Å²) in [6.07, 6.45) is 4.15. The van der Waals surface area contributed by atoms with Gasteiger partial charge in [-0.25, -0.2) is 0 Å². The molecule has 1 heterocycles. The van der Waals surface area contributed by atoms with E-state index >= 15 is 0 Å². The minimum Gasteiger partial charge on any atom is -0.507 e. The van der Waals surface area contributed by atoms with Crippen LogP contribution in [0.15, 0.2) is 12.1 Å². The lowest BCUT2D eigenvalue weighted by atomic mass is 10.0. The molecule has 174 valence electrons. The molecular formula is C23H34O6S2. The van der Waals surface area contributed by atoms with Gasteiger partial charge in [-0.3, -0.25) is 9.59 Å². The molecule has 0 aliphatic carbocycles. The number of unbranched alkanes of at least 4 members (excludes halogenated alkanes) is 1. The number of hydrogen-bond acceptors (Lipinski definition) is 7. The average molecular weight is 471 g/mol. The number of carbonyl (C=O) groups is 2. The van der Waals surface area contributed by atoms with Crippen molar-refractivity contribution in [2.75, 3.05) is 24.7 Å². The quantitative estimate of drug-likeness (QED) is 0.285. The molecule has 0 spiro atoms. The van der Waals surface area contributed by atoms with Crippen LogP contribution < -0.4 is 4.74 Å². The Labute approximate surface area is 193 Å². The Morgan fingerprint density at radius 3 is 2.81 bits per heavy atom. The summed E-state index contributed by atoms with van der Waals surface area (Å²) >= 11 is 3.64. The zero-order valence-electron chi connectivity index (χ0n) is 18.6. The fourth-order valence-electron chi connectivity index (χ4n) is 3.47. The third kappa shape index (κ3) is 8.24. The van der Waals surface area contributed by atoms with Gasteiger partial charge in [0.25, 0.3) is 0 Å². The van der Waals surface area contributed by atoms with Gasteiger partial charge in [0.05, 0.1) is 18.8 Å². The average Bonchev–Trinajstić information content (AvgIpc) is 3.09. The van der Waals surface area contributed by atoms with E-state index in [9.17, 15) is 14.7 Å². The zero-order valence-corrected chi connectivity index (χ0v) is 20.3. The molecule has 2 atom stereocenters. The lowest BCUT2D eigenvalue weighted by Crippen LogP contribution is -2.20. The molecule has 0 saturated carbocycles. The fourth-order valence-corrected chi connectivity index (χ4v) is 6.16. The van der Waals surface area contributed by atoms with Crippen molar-refractivity contribution >= 4 is 35.3 Å². The van der Waals surface area contributed by atoms with E-state index in [-0.39, 0.29) is 22.9 Å². The Balaban J connectivity index is 1.66. The molecule has 0 bridgehead atoms. The van der Waals surface area contributed by atoms with E-state index in [1.54, 1.807) is 23.9 Å². The van der Waals surface area contributed by atoms with Gasteiger partial charge in [0.2, 0.25) is 0 Å². The molecule has 1 aliphatic rings. The predicted molar refractivity (Wildman–Crippen MR) is 127 cm³/mol. The van der Waals surface area contributed by atoms with Crippen molar-refractivity contribution in [1.29, 1.82) is 0 Å². The van der Waals surface area contributed by atoms with Crippen LogP contribution in [0, 0.1) is 0 Å².